The van der Waals surface area contributed by atoms with Crippen LogP contribution in [0.4, 0.5) is 0 Å². The van der Waals surface area contributed by atoms with Gasteiger partial charge in [0.2, 0.25) is 5.91 Å². The number of rotatable bonds is 9. The highest BCUT2D eigenvalue weighted by molar-refractivity contribution is 7.12. The molecule has 33 heavy (non-hydrogen) atoms. The number of hydrogen-bond acceptors (Lipinski definition) is 5. The van der Waals surface area contributed by atoms with Crippen LogP contribution in [0.1, 0.15) is 40.9 Å². The fraction of sp³-hybridized carbons (Fsp3) is 0.231. The summed E-state index contributed by atoms with van der Waals surface area (Å²) in [5.74, 6) is 0.749. The van der Waals surface area contributed by atoms with E-state index in [4.69, 9.17) is 9.15 Å². The fourth-order valence-electron chi connectivity index (χ4n) is 3.62. The first-order chi connectivity index (χ1) is 16.0. The molecule has 2 amide bonds. The Kier molecular flexibility index (Phi) is 7.10. The minimum atomic E-state index is -0.729. The molecule has 0 bridgehead atoms. The maximum atomic E-state index is 13.2. The second-order valence-electron chi connectivity index (χ2n) is 7.68. The van der Waals surface area contributed by atoms with E-state index in [0.29, 0.717) is 35.0 Å². The molecule has 2 N–H and O–H groups in total. The summed E-state index contributed by atoms with van der Waals surface area (Å²) < 4.78 is 11.7. The van der Waals surface area contributed by atoms with Crippen molar-refractivity contribution in [3.63, 3.8) is 0 Å². The number of ether oxygens (including phenoxy) is 1. The monoisotopic (exact) mass is 462 g/mol. The van der Waals surface area contributed by atoms with E-state index in [0.717, 1.165) is 10.9 Å². The summed E-state index contributed by atoms with van der Waals surface area (Å²) in [6.07, 6.45) is 0.380. The van der Waals surface area contributed by atoms with Crippen molar-refractivity contribution in [1.29, 1.82) is 0 Å². The van der Waals surface area contributed by atoms with Gasteiger partial charge in [0.1, 0.15) is 11.8 Å². The second kappa shape index (κ2) is 10.4. The molecule has 1 unspecified atom stereocenters. The van der Waals surface area contributed by atoms with Crippen molar-refractivity contribution in [2.75, 3.05) is 6.61 Å². The number of fused-ring (bicyclic) bond motifs is 1. The number of benzene rings is 2. The van der Waals surface area contributed by atoms with Crippen LogP contribution >= 0.6 is 11.3 Å². The number of nitrogens with one attached hydrogen (secondary N) is 2. The van der Waals surface area contributed by atoms with Crippen molar-refractivity contribution in [3.8, 4) is 5.75 Å². The third-order valence-electron chi connectivity index (χ3n) is 5.26. The number of carbonyl (C=O) groups excluding carboxylic acids is 2. The van der Waals surface area contributed by atoms with E-state index in [1.54, 1.807) is 6.07 Å². The Balaban J connectivity index is 1.52. The zero-order chi connectivity index (χ0) is 23.2. The predicted octanol–water partition coefficient (Wildman–Crippen LogP) is 5.11. The van der Waals surface area contributed by atoms with E-state index in [1.807, 2.05) is 79.9 Å². The van der Waals surface area contributed by atoms with Crippen LogP contribution in [-0.2, 0) is 11.2 Å². The van der Waals surface area contributed by atoms with Crippen molar-refractivity contribution in [1.82, 2.24) is 10.6 Å². The minimum absolute atomic E-state index is 0.265. The van der Waals surface area contributed by atoms with Crippen LogP contribution in [-0.4, -0.2) is 24.5 Å². The zero-order valence-corrected chi connectivity index (χ0v) is 19.4. The summed E-state index contributed by atoms with van der Waals surface area (Å²) >= 11 is 1.34. The van der Waals surface area contributed by atoms with Gasteiger partial charge in [-0.25, -0.2) is 0 Å². The first-order valence-electron chi connectivity index (χ1n) is 10.9. The molecule has 0 aliphatic rings. The molecule has 4 aromatic rings. The summed E-state index contributed by atoms with van der Waals surface area (Å²) in [4.78, 5) is 26.5. The Morgan fingerprint density at radius 3 is 2.58 bits per heavy atom. The van der Waals surface area contributed by atoms with Crippen LogP contribution in [0.25, 0.3) is 11.0 Å². The predicted molar refractivity (Wildman–Crippen MR) is 130 cm³/mol. The molecule has 170 valence electrons. The van der Waals surface area contributed by atoms with Crippen LogP contribution in [0.2, 0.25) is 0 Å². The molecule has 0 saturated carbocycles. The van der Waals surface area contributed by atoms with Crippen LogP contribution in [0, 0.1) is 0 Å². The molecule has 0 saturated heterocycles. The third-order valence-corrected chi connectivity index (χ3v) is 6.13. The van der Waals surface area contributed by atoms with Crippen molar-refractivity contribution in [2.24, 2.45) is 0 Å². The van der Waals surface area contributed by atoms with E-state index in [9.17, 15) is 9.59 Å². The Morgan fingerprint density at radius 1 is 1.03 bits per heavy atom. The number of carbonyl (C=O) groups is 2. The highest BCUT2D eigenvalue weighted by Crippen LogP contribution is 2.31. The van der Waals surface area contributed by atoms with Gasteiger partial charge in [-0.3, -0.25) is 9.59 Å². The summed E-state index contributed by atoms with van der Waals surface area (Å²) in [7, 11) is 0. The first-order valence-corrected chi connectivity index (χ1v) is 11.8. The Morgan fingerprint density at radius 2 is 1.85 bits per heavy atom. The highest BCUT2D eigenvalue weighted by Gasteiger charge is 2.25. The van der Waals surface area contributed by atoms with Crippen LogP contribution in [0.15, 0.2) is 76.5 Å². The minimum Gasteiger partial charge on any atom is -0.490 e. The smallest absolute Gasteiger partial charge is 0.262 e. The topological polar surface area (TPSA) is 80.6 Å². The van der Waals surface area contributed by atoms with Crippen molar-refractivity contribution < 1.29 is 18.7 Å². The van der Waals surface area contributed by atoms with E-state index in [2.05, 4.69) is 10.6 Å². The zero-order valence-electron chi connectivity index (χ0n) is 18.5. The van der Waals surface area contributed by atoms with Gasteiger partial charge in [0.05, 0.1) is 17.5 Å². The van der Waals surface area contributed by atoms with Crippen LogP contribution in [0.3, 0.4) is 0 Å². The molecule has 2 aromatic heterocycles. The van der Waals surface area contributed by atoms with Gasteiger partial charge < -0.3 is 19.8 Å². The summed E-state index contributed by atoms with van der Waals surface area (Å²) in [6.45, 7) is 4.31. The lowest BCUT2D eigenvalue weighted by Gasteiger charge is -2.20. The maximum absolute atomic E-state index is 13.2. The standard InChI is InChI=1S/C26H26N2O4S/c1-3-31-21-12-7-11-19-16-22(32-24(19)21)17(2)27-25(29)20(15-18-9-5-4-6-10-18)28-26(30)23-13-8-14-33-23/h4-14,16-17,20H,3,15H2,1-2H3,(H,27,29)(H,28,30)/t17?,20-/m0/s1. The van der Waals surface area contributed by atoms with Crippen LogP contribution < -0.4 is 15.4 Å². The molecule has 2 aromatic carbocycles. The molecule has 0 spiro atoms. The lowest BCUT2D eigenvalue weighted by molar-refractivity contribution is -0.123. The van der Waals surface area contributed by atoms with E-state index >= 15 is 0 Å². The lowest BCUT2D eigenvalue weighted by Crippen LogP contribution is -2.48. The normalized spacial score (nSPS) is 12.8. The molecule has 0 aliphatic carbocycles. The molecular formula is C26H26N2O4S. The third kappa shape index (κ3) is 5.43. The highest BCUT2D eigenvalue weighted by atomic mass is 32.1. The van der Waals surface area contributed by atoms with Gasteiger partial charge in [-0.1, -0.05) is 48.5 Å². The fourth-order valence-corrected chi connectivity index (χ4v) is 4.25. The average Bonchev–Trinajstić information content (AvgIpc) is 3.50. The van der Waals surface area contributed by atoms with Gasteiger partial charge >= 0.3 is 0 Å². The lowest BCUT2D eigenvalue weighted by atomic mass is 10.0. The summed E-state index contributed by atoms with van der Waals surface area (Å²) in [6, 6.07) is 19.7. The van der Waals surface area contributed by atoms with Crippen molar-refractivity contribution >= 4 is 34.1 Å². The largest absolute Gasteiger partial charge is 0.490 e. The number of furan rings is 1. The number of hydrogen-bond donors (Lipinski definition) is 2. The maximum Gasteiger partial charge on any atom is 0.262 e. The van der Waals surface area contributed by atoms with Gasteiger partial charge in [-0.15, -0.1) is 11.3 Å². The number of amides is 2. The molecule has 6 nitrogen and oxygen atoms in total. The van der Waals surface area contributed by atoms with E-state index in [1.165, 1.54) is 11.3 Å². The molecule has 2 atom stereocenters. The molecule has 0 fully saturated rings. The molecule has 0 aliphatic heterocycles. The van der Waals surface area contributed by atoms with Crippen molar-refractivity contribution in [2.45, 2.75) is 32.4 Å². The van der Waals surface area contributed by atoms with E-state index in [-0.39, 0.29) is 11.8 Å². The summed E-state index contributed by atoms with van der Waals surface area (Å²) in [5.41, 5.74) is 1.61. The van der Waals surface area contributed by atoms with E-state index < -0.39 is 12.1 Å². The SMILES string of the molecule is CCOc1cccc2cc(C(C)NC(=O)[C@H](Cc3ccccc3)NC(=O)c3cccs3)oc12. The first kappa shape index (κ1) is 22.6. The molecule has 0 radical (unpaired) electrons. The van der Waals surface area contributed by atoms with Gasteiger partial charge in [0.25, 0.3) is 5.91 Å². The second-order valence-corrected chi connectivity index (χ2v) is 8.63. The molecule has 2 heterocycles. The number of para-hydroxylation sites is 1. The average molecular weight is 463 g/mol. The molecule has 7 heteroatoms. The Labute approximate surface area is 196 Å². The summed E-state index contributed by atoms with van der Waals surface area (Å²) in [5, 5.41) is 8.62. The molecular weight excluding hydrogens is 436 g/mol. The van der Waals surface area contributed by atoms with Gasteiger partial charge in [0, 0.05) is 11.8 Å². The quantitative estimate of drug-likeness (QED) is 0.362. The van der Waals surface area contributed by atoms with Gasteiger partial charge in [0.15, 0.2) is 11.3 Å². The number of thiophene rings is 1. The Hall–Kier alpha value is -3.58. The van der Waals surface area contributed by atoms with Gasteiger partial charge in [-0.05, 0) is 43.0 Å². The van der Waals surface area contributed by atoms with Crippen molar-refractivity contribution in [3.05, 3.63) is 88.3 Å². The van der Waals surface area contributed by atoms with Gasteiger partial charge in [-0.2, -0.15) is 0 Å². The van der Waals surface area contributed by atoms with Crippen LogP contribution in [0.5, 0.6) is 5.75 Å². The Bertz CT molecular complexity index is 1220. The molecule has 4 rings (SSSR count).